The van der Waals surface area contributed by atoms with Gasteiger partial charge in [-0.2, -0.15) is 0 Å². The highest BCUT2D eigenvalue weighted by Crippen LogP contribution is 2.12. The first-order valence-electron chi connectivity index (χ1n) is 5.24. The number of hydrogen-bond acceptors (Lipinski definition) is 3. The van der Waals surface area contributed by atoms with Crippen LogP contribution in [-0.2, 0) is 4.79 Å². The summed E-state index contributed by atoms with van der Waals surface area (Å²) in [6.45, 7) is 11.0. The van der Waals surface area contributed by atoms with Gasteiger partial charge in [-0.1, -0.05) is 0 Å². The SMILES string of the molecule is CC(=O)O.CC(C)N1C=CN(C(C)C)C1. The van der Waals surface area contributed by atoms with Crippen LogP contribution < -0.4 is 0 Å². The normalized spacial score (nSPS) is 14.6. The van der Waals surface area contributed by atoms with Gasteiger partial charge in [-0.15, -0.1) is 0 Å². The molecule has 0 aromatic carbocycles. The molecule has 0 spiro atoms. The first-order valence-corrected chi connectivity index (χ1v) is 5.24. The Labute approximate surface area is 92.2 Å². The largest absolute Gasteiger partial charge is 0.481 e. The van der Waals surface area contributed by atoms with Crippen LogP contribution in [0.4, 0.5) is 0 Å². The first kappa shape index (κ1) is 13.8. The highest BCUT2D eigenvalue weighted by molar-refractivity contribution is 5.62. The molecule has 4 heteroatoms. The van der Waals surface area contributed by atoms with Gasteiger partial charge in [0.25, 0.3) is 5.97 Å². The molecule has 0 aromatic heterocycles. The van der Waals surface area contributed by atoms with Crippen LogP contribution in [0.1, 0.15) is 34.6 Å². The average Bonchev–Trinajstić information content (AvgIpc) is 2.49. The molecule has 1 heterocycles. The lowest BCUT2D eigenvalue weighted by atomic mass is 10.3. The van der Waals surface area contributed by atoms with Crippen molar-refractivity contribution in [2.24, 2.45) is 0 Å². The molecule has 0 radical (unpaired) electrons. The standard InChI is InChI=1S/C9H18N2.C2H4O2/c1-8(2)10-5-6-11(7-10)9(3)4;1-2(3)4/h5-6,8-9H,7H2,1-4H3;1H3,(H,3,4). The van der Waals surface area contributed by atoms with Crippen molar-refractivity contribution in [2.75, 3.05) is 6.67 Å². The zero-order valence-electron chi connectivity index (χ0n) is 10.3. The third kappa shape index (κ3) is 5.99. The Morgan fingerprint density at radius 1 is 1.13 bits per heavy atom. The van der Waals surface area contributed by atoms with E-state index in [2.05, 4.69) is 49.9 Å². The zero-order chi connectivity index (χ0) is 12.0. The second-order valence-electron chi connectivity index (χ2n) is 4.17. The van der Waals surface area contributed by atoms with Crippen molar-refractivity contribution < 1.29 is 9.90 Å². The van der Waals surface area contributed by atoms with E-state index in [-0.39, 0.29) is 0 Å². The van der Waals surface area contributed by atoms with Crippen molar-refractivity contribution in [2.45, 2.75) is 46.7 Å². The smallest absolute Gasteiger partial charge is 0.300 e. The van der Waals surface area contributed by atoms with E-state index < -0.39 is 5.97 Å². The summed E-state index contributed by atoms with van der Waals surface area (Å²) in [5, 5.41) is 7.42. The Morgan fingerprint density at radius 3 is 1.53 bits per heavy atom. The Morgan fingerprint density at radius 2 is 1.40 bits per heavy atom. The van der Waals surface area contributed by atoms with E-state index in [4.69, 9.17) is 9.90 Å². The van der Waals surface area contributed by atoms with Crippen molar-refractivity contribution in [3.8, 4) is 0 Å². The molecule has 0 fully saturated rings. The molecule has 1 aliphatic heterocycles. The lowest BCUT2D eigenvalue weighted by Crippen LogP contribution is -2.33. The highest BCUT2D eigenvalue weighted by atomic mass is 16.4. The fourth-order valence-electron chi connectivity index (χ4n) is 1.12. The van der Waals surface area contributed by atoms with Crippen LogP contribution in [0.15, 0.2) is 12.4 Å². The molecule has 0 aliphatic carbocycles. The van der Waals surface area contributed by atoms with Gasteiger partial charge in [0.15, 0.2) is 0 Å². The number of aliphatic carboxylic acids is 1. The van der Waals surface area contributed by atoms with Crippen LogP contribution in [0.2, 0.25) is 0 Å². The number of carbonyl (C=O) groups is 1. The molecule has 0 saturated carbocycles. The molecular formula is C11H22N2O2. The van der Waals surface area contributed by atoms with Crippen molar-refractivity contribution in [3.63, 3.8) is 0 Å². The van der Waals surface area contributed by atoms with E-state index in [1.165, 1.54) is 0 Å². The number of carboxylic acids is 1. The summed E-state index contributed by atoms with van der Waals surface area (Å²) >= 11 is 0. The van der Waals surface area contributed by atoms with Crippen LogP contribution in [0.5, 0.6) is 0 Å². The Balaban J connectivity index is 0.000000423. The van der Waals surface area contributed by atoms with Gasteiger partial charge in [0.2, 0.25) is 0 Å². The predicted molar refractivity (Wildman–Crippen MR) is 61.3 cm³/mol. The highest BCUT2D eigenvalue weighted by Gasteiger charge is 2.15. The van der Waals surface area contributed by atoms with Crippen LogP contribution in [0.3, 0.4) is 0 Å². The van der Waals surface area contributed by atoms with Crippen LogP contribution >= 0.6 is 0 Å². The van der Waals surface area contributed by atoms with Crippen molar-refractivity contribution in [1.82, 2.24) is 9.80 Å². The van der Waals surface area contributed by atoms with E-state index in [1.54, 1.807) is 0 Å². The van der Waals surface area contributed by atoms with Gasteiger partial charge in [0.05, 0.1) is 6.67 Å². The maximum absolute atomic E-state index is 9.00. The first-order chi connectivity index (χ1) is 6.84. The maximum atomic E-state index is 9.00. The fourth-order valence-corrected chi connectivity index (χ4v) is 1.12. The number of rotatable bonds is 2. The summed E-state index contributed by atoms with van der Waals surface area (Å²) in [5.74, 6) is -0.833. The summed E-state index contributed by atoms with van der Waals surface area (Å²) in [6, 6.07) is 1.24. The lowest BCUT2D eigenvalue weighted by molar-refractivity contribution is -0.134. The minimum atomic E-state index is -0.833. The summed E-state index contributed by atoms with van der Waals surface area (Å²) in [5.41, 5.74) is 0. The molecule has 1 N–H and O–H groups in total. The molecule has 0 bridgehead atoms. The Bertz CT molecular complexity index is 205. The third-order valence-electron chi connectivity index (χ3n) is 2.10. The van der Waals surface area contributed by atoms with E-state index in [0.717, 1.165) is 13.6 Å². The summed E-state index contributed by atoms with van der Waals surface area (Å²) < 4.78 is 0. The zero-order valence-corrected chi connectivity index (χ0v) is 10.3. The molecule has 15 heavy (non-hydrogen) atoms. The predicted octanol–water partition coefficient (Wildman–Crippen LogP) is 1.94. The minimum absolute atomic E-state index is 0.620. The van der Waals surface area contributed by atoms with Crippen LogP contribution in [0.25, 0.3) is 0 Å². The topological polar surface area (TPSA) is 43.8 Å². The van der Waals surface area contributed by atoms with E-state index in [0.29, 0.717) is 12.1 Å². The number of hydrogen-bond donors (Lipinski definition) is 1. The molecule has 0 aromatic rings. The molecular weight excluding hydrogens is 192 g/mol. The van der Waals surface area contributed by atoms with Crippen molar-refractivity contribution in [3.05, 3.63) is 12.4 Å². The van der Waals surface area contributed by atoms with Crippen LogP contribution in [-0.4, -0.2) is 39.6 Å². The fraction of sp³-hybridized carbons (Fsp3) is 0.727. The lowest BCUT2D eigenvalue weighted by Gasteiger charge is -2.26. The molecule has 0 amide bonds. The van der Waals surface area contributed by atoms with Gasteiger partial charge >= 0.3 is 0 Å². The van der Waals surface area contributed by atoms with Gasteiger partial charge in [0, 0.05) is 31.4 Å². The molecule has 1 aliphatic rings. The molecule has 0 saturated heterocycles. The van der Waals surface area contributed by atoms with Gasteiger partial charge < -0.3 is 14.9 Å². The second kappa shape index (κ2) is 6.32. The van der Waals surface area contributed by atoms with Gasteiger partial charge in [-0.05, 0) is 27.7 Å². The molecule has 88 valence electrons. The second-order valence-corrected chi connectivity index (χ2v) is 4.17. The van der Waals surface area contributed by atoms with Crippen molar-refractivity contribution in [1.29, 1.82) is 0 Å². The van der Waals surface area contributed by atoms with E-state index >= 15 is 0 Å². The van der Waals surface area contributed by atoms with Crippen LogP contribution in [0, 0.1) is 0 Å². The number of carboxylic acid groups (broad SMARTS) is 1. The van der Waals surface area contributed by atoms with Gasteiger partial charge in [-0.3, -0.25) is 4.79 Å². The molecule has 0 atom stereocenters. The minimum Gasteiger partial charge on any atom is -0.481 e. The van der Waals surface area contributed by atoms with Gasteiger partial charge in [-0.25, -0.2) is 0 Å². The Kier molecular flexibility index (Phi) is 5.82. The summed E-state index contributed by atoms with van der Waals surface area (Å²) in [7, 11) is 0. The molecule has 4 nitrogen and oxygen atoms in total. The Hall–Kier alpha value is -1.19. The monoisotopic (exact) mass is 214 g/mol. The summed E-state index contributed by atoms with van der Waals surface area (Å²) in [6.07, 6.45) is 4.34. The average molecular weight is 214 g/mol. The quantitative estimate of drug-likeness (QED) is 0.763. The van der Waals surface area contributed by atoms with Crippen molar-refractivity contribution >= 4 is 5.97 Å². The van der Waals surface area contributed by atoms with Gasteiger partial charge in [0.1, 0.15) is 0 Å². The number of nitrogens with zero attached hydrogens (tertiary/aromatic N) is 2. The molecule has 1 rings (SSSR count). The van der Waals surface area contributed by atoms with E-state index in [9.17, 15) is 0 Å². The summed E-state index contributed by atoms with van der Waals surface area (Å²) in [4.78, 5) is 13.7. The van der Waals surface area contributed by atoms with E-state index in [1.807, 2.05) is 0 Å². The molecule has 0 unspecified atom stereocenters. The third-order valence-corrected chi connectivity index (χ3v) is 2.10. The maximum Gasteiger partial charge on any atom is 0.300 e.